The maximum atomic E-state index is 12.7. The van der Waals surface area contributed by atoms with Crippen LogP contribution < -0.4 is 31.6 Å². The van der Waals surface area contributed by atoms with Crippen LogP contribution in [0.1, 0.15) is 79.1 Å². The summed E-state index contributed by atoms with van der Waals surface area (Å²) in [5, 5.41) is 0. The van der Waals surface area contributed by atoms with E-state index >= 15 is 0 Å². The van der Waals surface area contributed by atoms with Gasteiger partial charge in [-0.15, -0.1) is 0 Å². The first-order valence-corrected chi connectivity index (χ1v) is 11.6. The maximum Gasteiger partial charge on any atom is 0.405 e. The Kier molecular flexibility index (Phi) is 12.1. The molecule has 12 nitrogen and oxygen atoms in total. The fourth-order valence-electron chi connectivity index (χ4n) is 2.71. The van der Waals surface area contributed by atoms with Gasteiger partial charge in [-0.1, -0.05) is 78.9 Å². The average molecular weight is 508 g/mol. The molecule has 1 aromatic heterocycles. The van der Waals surface area contributed by atoms with Crippen LogP contribution in [0.3, 0.4) is 0 Å². The molecule has 0 aliphatic heterocycles. The van der Waals surface area contributed by atoms with E-state index in [9.17, 15) is 28.8 Å². The molecule has 198 valence electrons. The highest BCUT2D eigenvalue weighted by Crippen LogP contribution is 2.09. The van der Waals surface area contributed by atoms with Gasteiger partial charge in [-0.3, -0.25) is 0 Å². The van der Waals surface area contributed by atoms with E-state index in [2.05, 4.69) is 29.8 Å². The number of allylic oxidation sites excluding steroid dienone is 1. The second-order valence-corrected chi connectivity index (χ2v) is 8.22. The van der Waals surface area contributed by atoms with Gasteiger partial charge in [0.1, 0.15) is 0 Å². The Balaban J connectivity index is 3.19. The maximum absolute atomic E-state index is 12.7. The van der Waals surface area contributed by atoms with Gasteiger partial charge in [0.15, 0.2) is 0 Å². The summed E-state index contributed by atoms with van der Waals surface area (Å²) in [5.41, 5.74) is -5.15. The molecule has 0 N–H and O–H groups in total. The van der Waals surface area contributed by atoms with Crippen molar-refractivity contribution < 1.29 is 28.9 Å². The molecular formula is C24H33N3O9. The van der Waals surface area contributed by atoms with Crippen LogP contribution in [0.25, 0.3) is 0 Å². The number of carbonyl (C=O) groups is 3. The zero-order chi connectivity index (χ0) is 27.4. The summed E-state index contributed by atoms with van der Waals surface area (Å²) < 4.78 is -0.559. The molecule has 0 aromatic carbocycles. The summed E-state index contributed by atoms with van der Waals surface area (Å²) in [7, 11) is 0. The van der Waals surface area contributed by atoms with Crippen molar-refractivity contribution in [2.24, 2.45) is 0 Å². The van der Waals surface area contributed by atoms with Crippen LogP contribution in [0.5, 0.6) is 0 Å². The molecule has 0 amide bonds. The van der Waals surface area contributed by atoms with Crippen LogP contribution in [-0.2, 0) is 14.4 Å². The highest BCUT2D eigenvalue weighted by molar-refractivity contribution is 5.88. The minimum atomic E-state index is -1.63. The predicted molar refractivity (Wildman–Crippen MR) is 130 cm³/mol. The van der Waals surface area contributed by atoms with Crippen LogP contribution >= 0.6 is 0 Å². The largest absolute Gasteiger partial charge is 0.405 e. The molecule has 1 rings (SSSR count). The second kappa shape index (κ2) is 14.4. The van der Waals surface area contributed by atoms with E-state index in [0.29, 0.717) is 6.42 Å². The molecule has 0 fully saturated rings. The molecule has 0 aliphatic carbocycles. The smallest absolute Gasteiger partial charge is 0.322 e. The van der Waals surface area contributed by atoms with Crippen molar-refractivity contribution in [2.45, 2.75) is 79.1 Å². The van der Waals surface area contributed by atoms with Gasteiger partial charge in [0, 0.05) is 16.7 Å². The van der Waals surface area contributed by atoms with Crippen molar-refractivity contribution in [3.8, 4) is 0 Å². The Bertz CT molecular complexity index is 1150. The summed E-state index contributed by atoms with van der Waals surface area (Å²) in [6.07, 6.45) is 9.78. The van der Waals surface area contributed by atoms with E-state index in [1.54, 1.807) is 6.08 Å². The van der Waals surface area contributed by atoms with Gasteiger partial charge in [-0.2, -0.15) is 0 Å². The minimum absolute atomic E-state index is 0.0921. The normalized spacial score (nSPS) is 11.1. The molecule has 0 bridgehead atoms. The monoisotopic (exact) mass is 507 g/mol. The second-order valence-electron chi connectivity index (χ2n) is 8.22. The molecule has 0 aliphatic rings. The molecule has 1 heterocycles. The topological polar surface area (TPSA) is 145 Å². The van der Waals surface area contributed by atoms with Crippen molar-refractivity contribution in [1.82, 2.24) is 14.2 Å². The van der Waals surface area contributed by atoms with Gasteiger partial charge in [-0.25, -0.2) is 28.8 Å². The number of aromatic nitrogens is 3. The van der Waals surface area contributed by atoms with Crippen LogP contribution in [0, 0.1) is 0 Å². The zero-order valence-corrected chi connectivity index (χ0v) is 21.2. The number of nitrogens with zero attached hydrogens (tertiary/aromatic N) is 3. The van der Waals surface area contributed by atoms with Crippen LogP contribution in [0.2, 0.25) is 0 Å². The van der Waals surface area contributed by atoms with Gasteiger partial charge >= 0.3 is 35.0 Å². The van der Waals surface area contributed by atoms with E-state index in [1.807, 2.05) is 0 Å². The lowest BCUT2D eigenvalue weighted by atomic mass is 10.1. The summed E-state index contributed by atoms with van der Waals surface area (Å²) >= 11 is 0. The molecule has 1 aromatic rings. The highest BCUT2D eigenvalue weighted by atomic mass is 16.8. The van der Waals surface area contributed by atoms with Crippen molar-refractivity contribution in [2.75, 3.05) is 0 Å². The van der Waals surface area contributed by atoms with Gasteiger partial charge < -0.3 is 14.5 Å². The lowest BCUT2D eigenvalue weighted by molar-refractivity contribution is -0.148. The first-order valence-electron chi connectivity index (χ1n) is 11.6. The third kappa shape index (κ3) is 8.67. The Morgan fingerprint density at radius 2 is 1.03 bits per heavy atom. The number of hydrogen-bond acceptors (Lipinski definition) is 9. The zero-order valence-electron chi connectivity index (χ0n) is 21.2. The fourth-order valence-corrected chi connectivity index (χ4v) is 2.71. The average Bonchev–Trinajstić information content (AvgIpc) is 2.83. The Morgan fingerprint density at radius 1 is 0.667 bits per heavy atom. The third-order valence-electron chi connectivity index (χ3n) is 4.84. The molecule has 12 heteroatoms. The van der Waals surface area contributed by atoms with Gasteiger partial charge in [0.2, 0.25) is 0 Å². The van der Waals surface area contributed by atoms with E-state index in [0.717, 1.165) is 25.7 Å². The summed E-state index contributed by atoms with van der Waals surface area (Å²) in [5.74, 6) is -3.48. The lowest BCUT2D eigenvalue weighted by Gasteiger charge is -2.12. The van der Waals surface area contributed by atoms with Gasteiger partial charge in [-0.05, 0) is 33.6 Å². The highest BCUT2D eigenvalue weighted by Gasteiger charge is 2.25. The van der Waals surface area contributed by atoms with E-state index in [4.69, 9.17) is 4.84 Å². The van der Waals surface area contributed by atoms with E-state index in [1.165, 1.54) is 40.0 Å². The Morgan fingerprint density at radius 3 is 1.42 bits per heavy atom. The molecule has 0 atom stereocenters. The molecule has 0 spiro atoms. The summed E-state index contributed by atoms with van der Waals surface area (Å²) in [6, 6.07) is 0. The standard InChI is InChI=1S/C24H33N3O9/c1-7-8-9-10-11-12-13-14-15-18(6)21(30)36-27-23(32)25(34-19(28)16(2)3)22(31)26(24(27)33)35-20(29)17(4)5/h15H,2,4,7-14H2,1,3,5-6H3/b18-15+. The first-order chi connectivity index (χ1) is 16.9. The third-order valence-corrected chi connectivity index (χ3v) is 4.84. The Hall–Kier alpha value is -3.96. The van der Waals surface area contributed by atoms with Crippen molar-refractivity contribution in [3.05, 3.63) is 67.4 Å². The summed E-state index contributed by atoms with van der Waals surface area (Å²) in [4.78, 5) is 88.2. The van der Waals surface area contributed by atoms with Crippen molar-refractivity contribution in [3.63, 3.8) is 0 Å². The van der Waals surface area contributed by atoms with E-state index < -0.39 is 35.0 Å². The molecule has 36 heavy (non-hydrogen) atoms. The van der Waals surface area contributed by atoms with Crippen LogP contribution in [0.4, 0.5) is 0 Å². The number of unbranched alkanes of at least 4 members (excludes halogenated alkanes) is 7. The lowest BCUT2D eigenvalue weighted by Crippen LogP contribution is -2.61. The van der Waals surface area contributed by atoms with E-state index in [-0.39, 0.29) is 30.9 Å². The molecule has 0 saturated carbocycles. The molecule has 0 saturated heterocycles. The van der Waals surface area contributed by atoms with Crippen LogP contribution in [-0.4, -0.2) is 32.1 Å². The quantitative estimate of drug-likeness (QED) is 0.268. The molecular weight excluding hydrogens is 474 g/mol. The SMILES string of the molecule is C=C(C)C(=O)On1c(=O)n(OC(=O)C(=C)C)c(=O)n(OC(=O)/C(C)=C/CCCCCCCCC)c1=O. The minimum Gasteiger partial charge on any atom is -0.322 e. The molecule has 0 radical (unpaired) electrons. The Labute approximate surface area is 207 Å². The van der Waals surface area contributed by atoms with Crippen LogP contribution in [0.15, 0.2) is 50.3 Å². The number of hydrogen-bond donors (Lipinski definition) is 0. The van der Waals surface area contributed by atoms with Crippen molar-refractivity contribution in [1.29, 1.82) is 0 Å². The van der Waals surface area contributed by atoms with Crippen molar-refractivity contribution >= 4 is 17.9 Å². The predicted octanol–water partition coefficient (Wildman–Crippen LogP) is 1.28. The number of carbonyl (C=O) groups excluding carboxylic acids is 3. The number of rotatable bonds is 14. The first kappa shape index (κ1) is 30.1. The molecule has 0 unspecified atom stereocenters. The van der Waals surface area contributed by atoms with Gasteiger partial charge in [0.25, 0.3) is 0 Å². The summed E-state index contributed by atoms with van der Waals surface area (Å²) in [6.45, 7) is 12.7. The van der Waals surface area contributed by atoms with Gasteiger partial charge in [0.05, 0.1) is 0 Å². The fraction of sp³-hybridized carbons (Fsp3) is 0.500.